The molecule has 1 N–H and O–H groups in total. The fourth-order valence-electron chi connectivity index (χ4n) is 3.62. The van der Waals surface area contributed by atoms with E-state index >= 15 is 0 Å². The van der Waals surface area contributed by atoms with E-state index in [2.05, 4.69) is 75.3 Å². The summed E-state index contributed by atoms with van der Waals surface area (Å²) < 4.78 is 2.30. The molecule has 0 radical (unpaired) electrons. The lowest BCUT2D eigenvalue weighted by Crippen LogP contribution is -2.31. The van der Waals surface area contributed by atoms with Gasteiger partial charge < -0.3 is 19.7 Å². The zero-order valence-electron chi connectivity index (χ0n) is 13.6. The summed E-state index contributed by atoms with van der Waals surface area (Å²) >= 11 is 0. The Morgan fingerprint density at radius 2 is 1.79 bits per heavy atom. The molecule has 5 rings (SSSR count). The summed E-state index contributed by atoms with van der Waals surface area (Å²) in [4.78, 5) is 9.34. The van der Waals surface area contributed by atoms with E-state index in [0.717, 1.165) is 24.6 Å². The second kappa shape index (κ2) is 5.03. The number of para-hydroxylation sites is 2. The highest BCUT2D eigenvalue weighted by Gasteiger charge is 2.24. The van der Waals surface area contributed by atoms with E-state index in [1.807, 2.05) is 12.3 Å². The van der Waals surface area contributed by atoms with Crippen LogP contribution >= 0.6 is 0 Å². The topological polar surface area (TPSA) is 36.3 Å². The zero-order chi connectivity index (χ0) is 16.1. The molecule has 2 aromatic carbocycles. The van der Waals surface area contributed by atoms with Gasteiger partial charge >= 0.3 is 0 Å². The molecule has 1 aromatic heterocycles. The zero-order valence-corrected chi connectivity index (χ0v) is 13.6. The second-order valence-corrected chi connectivity index (χ2v) is 6.29. The summed E-state index contributed by atoms with van der Waals surface area (Å²) in [5.41, 5.74) is 4.67. The third-order valence-electron chi connectivity index (χ3n) is 4.87. The van der Waals surface area contributed by atoms with Crippen molar-refractivity contribution in [2.75, 3.05) is 16.3 Å². The highest BCUT2D eigenvalue weighted by molar-refractivity contribution is 5.81. The Morgan fingerprint density at radius 1 is 1.00 bits per heavy atom. The summed E-state index contributed by atoms with van der Waals surface area (Å²) in [5.74, 6) is 1.04. The molecule has 0 bridgehead atoms. The van der Waals surface area contributed by atoms with Crippen LogP contribution in [0.5, 0.6) is 0 Å². The number of rotatable bonds is 2. The lowest BCUT2D eigenvalue weighted by Gasteiger charge is -2.23. The number of fused-ring (bicyclic) bond motifs is 3. The highest BCUT2D eigenvalue weighted by atomic mass is 15.4. The smallest absolute Gasteiger partial charge is 0.211 e. The molecule has 1 unspecified atom stereocenters. The van der Waals surface area contributed by atoms with E-state index < -0.39 is 0 Å². The van der Waals surface area contributed by atoms with Crippen molar-refractivity contribution in [3.63, 3.8) is 0 Å². The SMILES string of the molecule is CC1NC=CN1c1ccc(N2CCn3c2nc2ccccc23)cc1. The average Bonchev–Trinajstić information content (AvgIpc) is 3.30. The lowest BCUT2D eigenvalue weighted by atomic mass is 10.2. The number of anilines is 3. The van der Waals surface area contributed by atoms with Gasteiger partial charge in [-0.3, -0.25) is 0 Å². The van der Waals surface area contributed by atoms with Gasteiger partial charge in [-0.1, -0.05) is 12.1 Å². The predicted molar refractivity (Wildman–Crippen MR) is 97.4 cm³/mol. The van der Waals surface area contributed by atoms with Crippen LogP contribution in [0.1, 0.15) is 6.92 Å². The molecule has 0 spiro atoms. The fourth-order valence-corrected chi connectivity index (χ4v) is 3.62. The molecule has 3 aromatic rings. The summed E-state index contributed by atoms with van der Waals surface area (Å²) in [5, 5.41) is 3.29. The third-order valence-corrected chi connectivity index (χ3v) is 4.87. The Balaban J connectivity index is 1.49. The molecule has 24 heavy (non-hydrogen) atoms. The number of nitrogens with one attached hydrogen (secondary N) is 1. The Kier molecular flexibility index (Phi) is 2.82. The van der Waals surface area contributed by atoms with Gasteiger partial charge in [-0.25, -0.2) is 4.98 Å². The summed E-state index contributed by atoms with van der Waals surface area (Å²) in [6.07, 6.45) is 4.36. The Hall–Kier alpha value is -2.95. The summed E-state index contributed by atoms with van der Waals surface area (Å²) in [7, 11) is 0. The quantitative estimate of drug-likeness (QED) is 0.786. The minimum atomic E-state index is 0.298. The minimum Gasteiger partial charge on any atom is -0.370 e. The fraction of sp³-hybridized carbons (Fsp3) is 0.211. The maximum absolute atomic E-state index is 4.82. The van der Waals surface area contributed by atoms with Crippen LogP contribution in [0.4, 0.5) is 17.3 Å². The van der Waals surface area contributed by atoms with E-state index in [9.17, 15) is 0 Å². The van der Waals surface area contributed by atoms with E-state index in [0.29, 0.717) is 6.17 Å². The first-order valence-electron chi connectivity index (χ1n) is 8.35. The number of benzene rings is 2. The molecule has 120 valence electrons. The standard InChI is InChI=1S/C19H19N5/c1-14-20-10-11-22(14)15-6-8-16(9-7-15)23-12-13-24-18-5-3-2-4-17(18)21-19(23)24/h2-11,14,20H,12-13H2,1H3. The molecule has 0 amide bonds. The molecular formula is C19H19N5. The van der Waals surface area contributed by atoms with Crippen LogP contribution in [0, 0.1) is 0 Å². The molecule has 5 nitrogen and oxygen atoms in total. The van der Waals surface area contributed by atoms with Crippen molar-refractivity contribution in [3.8, 4) is 0 Å². The van der Waals surface area contributed by atoms with E-state index in [1.54, 1.807) is 0 Å². The largest absolute Gasteiger partial charge is 0.370 e. The van der Waals surface area contributed by atoms with Crippen LogP contribution in [-0.4, -0.2) is 22.3 Å². The van der Waals surface area contributed by atoms with Crippen molar-refractivity contribution in [3.05, 3.63) is 60.9 Å². The molecule has 0 saturated carbocycles. The molecule has 1 atom stereocenters. The van der Waals surface area contributed by atoms with E-state index in [4.69, 9.17) is 4.98 Å². The van der Waals surface area contributed by atoms with Gasteiger partial charge in [0.05, 0.1) is 17.2 Å². The van der Waals surface area contributed by atoms with Crippen LogP contribution in [0.25, 0.3) is 11.0 Å². The van der Waals surface area contributed by atoms with Crippen molar-refractivity contribution >= 4 is 28.4 Å². The number of aromatic nitrogens is 2. The maximum atomic E-state index is 4.82. The molecule has 5 heteroatoms. The molecule has 3 heterocycles. The summed E-state index contributed by atoms with van der Waals surface area (Å²) in [6.45, 7) is 4.10. The van der Waals surface area contributed by atoms with E-state index in [1.165, 1.54) is 16.9 Å². The first kappa shape index (κ1) is 13.5. The van der Waals surface area contributed by atoms with Crippen LogP contribution < -0.4 is 15.1 Å². The minimum absolute atomic E-state index is 0.298. The van der Waals surface area contributed by atoms with Gasteiger partial charge in [0, 0.05) is 36.9 Å². The van der Waals surface area contributed by atoms with Gasteiger partial charge in [-0.15, -0.1) is 0 Å². The average molecular weight is 317 g/mol. The van der Waals surface area contributed by atoms with Gasteiger partial charge in [0.1, 0.15) is 0 Å². The van der Waals surface area contributed by atoms with Crippen molar-refractivity contribution in [1.29, 1.82) is 0 Å². The Bertz CT molecular complexity index is 925. The first-order valence-corrected chi connectivity index (χ1v) is 8.35. The van der Waals surface area contributed by atoms with Crippen molar-refractivity contribution in [2.24, 2.45) is 0 Å². The Labute approximate surface area is 140 Å². The predicted octanol–water partition coefficient (Wildman–Crippen LogP) is 3.41. The van der Waals surface area contributed by atoms with Crippen LogP contribution in [0.3, 0.4) is 0 Å². The van der Waals surface area contributed by atoms with E-state index in [-0.39, 0.29) is 0 Å². The normalized spacial score (nSPS) is 19.1. The maximum Gasteiger partial charge on any atom is 0.211 e. The van der Waals surface area contributed by atoms with Crippen LogP contribution in [0.2, 0.25) is 0 Å². The number of hydrogen-bond donors (Lipinski definition) is 1. The molecule has 0 fully saturated rings. The highest BCUT2D eigenvalue weighted by Crippen LogP contribution is 2.34. The molecule has 0 saturated heterocycles. The van der Waals surface area contributed by atoms with Crippen molar-refractivity contribution in [1.82, 2.24) is 14.9 Å². The molecular weight excluding hydrogens is 298 g/mol. The van der Waals surface area contributed by atoms with Crippen LogP contribution in [-0.2, 0) is 6.54 Å². The Morgan fingerprint density at radius 3 is 2.58 bits per heavy atom. The molecule has 0 aliphatic carbocycles. The molecule has 2 aliphatic rings. The first-order chi connectivity index (χ1) is 11.8. The van der Waals surface area contributed by atoms with Gasteiger partial charge in [0.25, 0.3) is 0 Å². The van der Waals surface area contributed by atoms with Gasteiger partial charge in [-0.05, 0) is 43.3 Å². The van der Waals surface area contributed by atoms with Gasteiger partial charge in [0.2, 0.25) is 5.95 Å². The lowest BCUT2D eigenvalue weighted by molar-refractivity contribution is 0.684. The second-order valence-electron chi connectivity index (χ2n) is 6.29. The number of nitrogens with zero attached hydrogens (tertiary/aromatic N) is 4. The third kappa shape index (κ3) is 1.91. The summed E-state index contributed by atoms with van der Waals surface area (Å²) in [6, 6.07) is 17.1. The van der Waals surface area contributed by atoms with Crippen LogP contribution in [0.15, 0.2) is 60.9 Å². The van der Waals surface area contributed by atoms with Gasteiger partial charge in [0.15, 0.2) is 0 Å². The number of hydrogen-bond acceptors (Lipinski definition) is 4. The van der Waals surface area contributed by atoms with Gasteiger partial charge in [-0.2, -0.15) is 0 Å². The number of imidazole rings is 1. The van der Waals surface area contributed by atoms with Crippen molar-refractivity contribution in [2.45, 2.75) is 19.6 Å². The monoisotopic (exact) mass is 317 g/mol. The molecule has 2 aliphatic heterocycles. The van der Waals surface area contributed by atoms with Crippen molar-refractivity contribution < 1.29 is 0 Å².